The van der Waals surface area contributed by atoms with Crippen LogP contribution in [0.4, 0.5) is 23.4 Å². The number of anilines is 1. The van der Waals surface area contributed by atoms with E-state index in [0.29, 0.717) is 11.6 Å². The van der Waals surface area contributed by atoms with Crippen LogP contribution in [0.5, 0.6) is 0 Å². The fourth-order valence-electron chi connectivity index (χ4n) is 7.45. The molecule has 18 heteroatoms. The number of sulfonamides is 1. The molecule has 3 heterocycles. The zero-order valence-corrected chi connectivity index (χ0v) is 31.1. The molecule has 1 saturated carbocycles. The van der Waals surface area contributed by atoms with Crippen LogP contribution in [0.25, 0.3) is 22.0 Å². The fourth-order valence-corrected chi connectivity index (χ4v) is 8.19. The monoisotopic (exact) mass is 794 g/mol. The molecule has 0 saturated heterocycles. The first-order valence-electron chi connectivity index (χ1n) is 16.7. The quantitative estimate of drug-likeness (QED) is 0.131. The van der Waals surface area contributed by atoms with Gasteiger partial charge in [-0.1, -0.05) is 23.6 Å². The highest BCUT2D eigenvalue weighted by molar-refractivity contribution is 7.92. The van der Waals surface area contributed by atoms with Crippen LogP contribution < -0.4 is 10.5 Å². The number of nitriles is 1. The van der Waals surface area contributed by atoms with Gasteiger partial charge in [-0.25, -0.2) is 26.9 Å². The van der Waals surface area contributed by atoms with Crippen molar-refractivity contribution in [3.8, 4) is 29.0 Å². The summed E-state index contributed by atoms with van der Waals surface area (Å²) < 4.78 is 90.6. The minimum atomic E-state index is -3.84. The standard InChI is InChI=1S/C37H31ClF4N8O4S/c1-36(2,52)10-9-20-5-6-21(22-7-8-26(38)29-31(22)49(3)47-35(29)48-55(4,53)54)30(45-20)24(13-17-11-18(39)14-19(40)12-17)32(34(44)51)50-33-28(27(16-43)46-50)23-15-25(23)37(33,41)42/h5-8,11-12,14,23-25,32,52H,13,15H2,1-4H3,(H2,44,51)(H,47,48)/t23-,24+,25+,32?/m0/s1. The zero-order chi connectivity index (χ0) is 39.9. The summed E-state index contributed by atoms with van der Waals surface area (Å²) in [6, 6.07) is 8.76. The number of amides is 1. The van der Waals surface area contributed by atoms with Gasteiger partial charge in [0.05, 0.1) is 27.9 Å². The molecule has 0 spiro atoms. The van der Waals surface area contributed by atoms with Gasteiger partial charge >= 0.3 is 0 Å². The van der Waals surface area contributed by atoms with Crippen molar-refractivity contribution < 1.29 is 35.9 Å². The van der Waals surface area contributed by atoms with Crippen molar-refractivity contribution in [2.75, 3.05) is 11.0 Å². The van der Waals surface area contributed by atoms with Crippen molar-refractivity contribution in [3.63, 3.8) is 0 Å². The van der Waals surface area contributed by atoms with Gasteiger partial charge in [0.2, 0.25) is 15.9 Å². The van der Waals surface area contributed by atoms with Gasteiger partial charge in [-0.2, -0.15) is 24.2 Å². The Balaban J connectivity index is 1.55. The van der Waals surface area contributed by atoms with Gasteiger partial charge in [-0.3, -0.25) is 14.2 Å². The van der Waals surface area contributed by atoms with E-state index in [1.165, 1.54) is 37.7 Å². The molecule has 1 amide bonds. The summed E-state index contributed by atoms with van der Waals surface area (Å²) in [5, 5.41) is 29.2. The summed E-state index contributed by atoms with van der Waals surface area (Å²) in [5.74, 6) is -4.48. The number of aliphatic hydroxyl groups is 1. The summed E-state index contributed by atoms with van der Waals surface area (Å²) >= 11 is 6.61. The minimum absolute atomic E-state index is 0.00480. The Morgan fingerprint density at radius 3 is 2.45 bits per heavy atom. The lowest BCUT2D eigenvalue weighted by atomic mass is 9.84. The Morgan fingerprint density at radius 1 is 1.16 bits per heavy atom. The molecule has 3 aromatic heterocycles. The first kappa shape index (κ1) is 37.8. The average Bonchev–Trinajstić information content (AvgIpc) is 3.61. The normalized spacial score (nSPS) is 18.1. The second-order valence-electron chi connectivity index (χ2n) is 14.3. The van der Waals surface area contributed by atoms with Crippen molar-refractivity contribution >= 4 is 44.3 Å². The predicted octanol–water partition coefficient (Wildman–Crippen LogP) is 5.39. The number of rotatable bonds is 9. The lowest BCUT2D eigenvalue weighted by molar-refractivity contribution is -0.122. The van der Waals surface area contributed by atoms with Crippen LogP contribution in [0, 0.1) is 40.7 Å². The number of carbonyl (C=O) groups excluding carboxylic acids is 1. The lowest BCUT2D eigenvalue weighted by Crippen LogP contribution is -2.37. The van der Waals surface area contributed by atoms with Crippen molar-refractivity contribution in [3.05, 3.63) is 93.0 Å². The molecule has 12 nitrogen and oxygen atoms in total. The second kappa shape index (κ2) is 13.1. The first-order chi connectivity index (χ1) is 25.7. The van der Waals surface area contributed by atoms with Gasteiger partial charge in [0, 0.05) is 41.6 Å². The summed E-state index contributed by atoms with van der Waals surface area (Å²) in [4.78, 5) is 18.6. The van der Waals surface area contributed by atoms with E-state index in [1.54, 1.807) is 12.1 Å². The Labute approximate surface area is 317 Å². The highest BCUT2D eigenvalue weighted by atomic mass is 35.5. The molecular weight excluding hydrogens is 764 g/mol. The van der Waals surface area contributed by atoms with E-state index in [9.17, 15) is 32.4 Å². The highest BCUT2D eigenvalue weighted by Crippen LogP contribution is 2.68. The van der Waals surface area contributed by atoms with Gasteiger partial charge in [0.25, 0.3) is 5.92 Å². The zero-order valence-electron chi connectivity index (χ0n) is 29.5. The number of fused-ring (bicyclic) bond motifs is 4. The predicted molar refractivity (Wildman–Crippen MR) is 193 cm³/mol. The van der Waals surface area contributed by atoms with E-state index in [4.69, 9.17) is 22.3 Å². The number of halogens is 5. The first-order valence-corrected chi connectivity index (χ1v) is 19.0. The van der Waals surface area contributed by atoms with Crippen molar-refractivity contribution in [1.29, 1.82) is 5.26 Å². The van der Waals surface area contributed by atoms with E-state index in [0.717, 1.165) is 23.1 Å². The molecule has 4 N–H and O–H groups in total. The van der Waals surface area contributed by atoms with Crippen LogP contribution in [0.2, 0.25) is 5.02 Å². The third-order valence-electron chi connectivity index (χ3n) is 9.59. The van der Waals surface area contributed by atoms with Crippen molar-refractivity contribution in [2.45, 2.75) is 56.1 Å². The van der Waals surface area contributed by atoms with Crippen LogP contribution >= 0.6 is 11.6 Å². The number of nitrogens with one attached hydrogen (secondary N) is 1. The maximum absolute atomic E-state index is 16.1. The maximum Gasteiger partial charge on any atom is 0.293 e. The lowest BCUT2D eigenvalue weighted by Gasteiger charge is -2.29. The van der Waals surface area contributed by atoms with E-state index in [1.807, 2.05) is 6.07 Å². The van der Waals surface area contributed by atoms with Crippen molar-refractivity contribution in [2.24, 2.45) is 18.7 Å². The summed E-state index contributed by atoms with van der Waals surface area (Å²) in [6.07, 6.45) is 0.624. The molecule has 2 aliphatic rings. The van der Waals surface area contributed by atoms with Crippen LogP contribution in [0.1, 0.15) is 72.0 Å². The maximum atomic E-state index is 16.1. The SMILES string of the molecule is Cn1nc(NS(C)(=O)=O)c2c(Cl)ccc(-c3ccc(C#CC(C)(C)O)nc3[C@@H](Cc3cc(F)cc(F)c3)C(C(N)=O)n3nc(C#N)c4c3C(F)(F)[C@@H]3C[C@H]43)c21. The highest BCUT2D eigenvalue weighted by Gasteiger charge is 2.67. The smallest absolute Gasteiger partial charge is 0.293 e. The van der Waals surface area contributed by atoms with Crippen LogP contribution in [0.15, 0.2) is 42.5 Å². The van der Waals surface area contributed by atoms with Crippen LogP contribution in [-0.2, 0) is 34.2 Å². The van der Waals surface area contributed by atoms with E-state index >= 15 is 8.78 Å². The Morgan fingerprint density at radius 2 is 1.84 bits per heavy atom. The van der Waals surface area contributed by atoms with Gasteiger partial charge in [-0.05, 0) is 74.4 Å². The van der Waals surface area contributed by atoms with Crippen LogP contribution in [-0.4, -0.2) is 55.8 Å². The molecule has 4 atom stereocenters. The van der Waals surface area contributed by atoms with Gasteiger partial charge in [-0.15, -0.1) is 0 Å². The Kier molecular flexibility index (Phi) is 8.99. The molecular formula is C37H31ClF4N8O4S. The number of aromatic nitrogens is 5. The van der Waals surface area contributed by atoms with E-state index in [-0.39, 0.29) is 61.9 Å². The summed E-state index contributed by atoms with van der Waals surface area (Å²) in [7, 11) is -2.32. The van der Waals surface area contributed by atoms with E-state index in [2.05, 4.69) is 26.8 Å². The van der Waals surface area contributed by atoms with Crippen LogP contribution in [0.3, 0.4) is 0 Å². The number of nitrogens with two attached hydrogens (primary N) is 1. The van der Waals surface area contributed by atoms with Gasteiger partial charge < -0.3 is 10.8 Å². The number of carbonyl (C=O) groups is 1. The average molecular weight is 795 g/mol. The number of nitrogens with zero attached hydrogens (tertiary/aromatic N) is 6. The second-order valence-corrected chi connectivity index (χ2v) is 16.4. The molecule has 0 aliphatic heterocycles. The molecule has 2 aliphatic carbocycles. The topological polar surface area (TPSA) is 182 Å². The molecule has 0 radical (unpaired) electrons. The number of aryl methyl sites for hydroxylation is 1. The Hall–Kier alpha value is -5.49. The minimum Gasteiger partial charge on any atom is -0.378 e. The summed E-state index contributed by atoms with van der Waals surface area (Å²) in [6.45, 7) is 2.87. The number of pyridine rings is 1. The molecule has 284 valence electrons. The van der Waals surface area contributed by atoms with E-state index < -0.39 is 75.0 Å². The fraction of sp³-hybridized carbons (Fsp3) is 0.324. The summed E-state index contributed by atoms with van der Waals surface area (Å²) in [5.41, 5.74) is 4.47. The van der Waals surface area contributed by atoms with Crippen molar-refractivity contribution in [1.82, 2.24) is 24.5 Å². The number of hydrogen-bond acceptors (Lipinski definition) is 8. The number of alkyl halides is 2. The molecule has 2 aromatic carbocycles. The Bertz CT molecular complexity index is 2650. The number of benzene rings is 2. The molecule has 7 rings (SSSR count). The third-order valence-corrected chi connectivity index (χ3v) is 10.5. The molecule has 0 bridgehead atoms. The number of hydrogen-bond donors (Lipinski definition) is 3. The number of primary amides is 1. The third kappa shape index (κ3) is 6.88. The molecule has 55 heavy (non-hydrogen) atoms. The molecule has 1 unspecified atom stereocenters. The molecule has 5 aromatic rings. The van der Waals surface area contributed by atoms with Gasteiger partial charge in [0.15, 0.2) is 11.5 Å². The molecule has 1 fully saturated rings. The van der Waals surface area contributed by atoms with Gasteiger partial charge in [0.1, 0.15) is 40.7 Å². The largest absolute Gasteiger partial charge is 0.378 e.